The van der Waals surface area contributed by atoms with E-state index < -0.39 is 5.91 Å². The SMILES string of the molecule is CNC1CCCN(C(=O)c2cc(-c3ccco3)n3cnc(C(N)=O)c3n2)C1. The van der Waals surface area contributed by atoms with Crippen molar-refractivity contribution in [3.05, 3.63) is 42.2 Å². The number of likely N-dealkylation sites (tertiary alicyclic amines) is 1. The lowest BCUT2D eigenvalue weighted by molar-refractivity contribution is 0.0692. The zero-order chi connectivity index (χ0) is 19.0. The average Bonchev–Trinajstić information content (AvgIpc) is 3.36. The Balaban J connectivity index is 1.82. The molecule has 1 aliphatic heterocycles. The molecule has 9 heteroatoms. The number of nitrogens with zero attached hydrogens (tertiary/aromatic N) is 4. The number of hydrogen-bond donors (Lipinski definition) is 2. The maximum absolute atomic E-state index is 13.1. The molecule has 0 aliphatic carbocycles. The molecule has 0 aromatic carbocycles. The summed E-state index contributed by atoms with van der Waals surface area (Å²) >= 11 is 0. The molecule has 3 aromatic heterocycles. The molecule has 0 saturated carbocycles. The van der Waals surface area contributed by atoms with Crippen LogP contribution in [0.2, 0.25) is 0 Å². The van der Waals surface area contributed by atoms with Crippen molar-refractivity contribution < 1.29 is 14.0 Å². The Morgan fingerprint density at radius 1 is 1.41 bits per heavy atom. The molecular weight excluding hydrogens is 348 g/mol. The number of rotatable bonds is 4. The number of nitrogens with one attached hydrogen (secondary N) is 1. The molecule has 3 N–H and O–H groups in total. The van der Waals surface area contributed by atoms with Crippen molar-refractivity contribution in [2.45, 2.75) is 18.9 Å². The summed E-state index contributed by atoms with van der Waals surface area (Å²) in [7, 11) is 1.89. The van der Waals surface area contributed by atoms with Crippen LogP contribution in [0.3, 0.4) is 0 Å². The fourth-order valence-electron chi connectivity index (χ4n) is 3.43. The highest BCUT2D eigenvalue weighted by atomic mass is 16.3. The van der Waals surface area contributed by atoms with Gasteiger partial charge in [0.2, 0.25) is 0 Å². The Labute approximate surface area is 155 Å². The molecule has 2 amide bonds. The van der Waals surface area contributed by atoms with Crippen LogP contribution in [-0.2, 0) is 0 Å². The van der Waals surface area contributed by atoms with Gasteiger partial charge >= 0.3 is 0 Å². The summed E-state index contributed by atoms with van der Waals surface area (Å²) < 4.78 is 7.08. The molecule has 4 rings (SSSR count). The molecule has 1 saturated heterocycles. The Kier molecular flexibility index (Phi) is 4.36. The van der Waals surface area contributed by atoms with Crippen LogP contribution in [0.1, 0.15) is 33.8 Å². The van der Waals surface area contributed by atoms with Gasteiger partial charge in [-0.2, -0.15) is 0 Å². The van der Waals surface area contributed by atoms with Crippen molar-refractivity contribution in [1.29, 1.82) is 0 Å². The molecule has 9 nitrogen and oxygen atoms in total. The summed E-state index contributed by atoms with van der Waals surface area (Å²) in [4.78, 5) is 35.0. The molecule has 1 atom stereocenters. The second-order valence-electron chi connectivity index (χ2n) is 6.53. The lowest BCUT2D eigenvalue weighted by atomic mass is 10.1. The van der Waals surface area contributed by atoms with Crippen molar-refractivity contribution in [2.24, 2.45) is 5.73 Å². The smallest absolute Gasteiger partial charge is 0.272 e. The van der Waals surface area contributed by atoms with E-state index in [4.69, 9.17) is 10.2 Å². The molecular formula is C18H20N6O3. The quantitative estimate of drug-likeness (QED) is 0.707. The van der Waals surface area contributed by atoms with E-state index in [1.807, 2.05) is 7.05 Å². The largest absolute Gasteiger partial charge is 0.463 e. The fourth-order valence-corrected chi connectivity index (χ4v) is 3.43. The molecule has 0 radical (unpaired) electrons. The van der Waals surface area contributed by atoms with E-state index in [1.54, 1.807) is 27.5 Å². The van der Waals surface area contributed by atoms with Gasteiger partial charge in [0.25, 0.3) is 11.8 Å². The first-order chi connectivity index (χ1) is 13.1. The van der Waals surface area contributed by atoms with Crippen LogP contribution < -0.4 is 11.1 Å². The molecule has 140 valence electrons. The van der Waals surface area contributed by atoms with Crippen LogP contribution in [-0.4, -0.2) is 57.3 Å². The summed E-state index contributed by atoms with van der Waals surface area (Å²) in [6.45, 7) is 1.28. The van der Waals surface area contributed by atoms with Gasteiger partial charge in [0, 0.05) is 19.1 Å². The van der Waals surface area contributed by atoms with Crippen LogP contribution in [0, 0.1) is 0 Å². The number of primary amides is 1. The highest BCUT2D eigenvalue weighted by Crippen LogP contribution is 2.24. The van der Waals surface area contributed by atoms with E-state index in [0.717, 1.165) is 12.8 Å². The minimum Gasteiger partial charge on any atom is -0.463 e. The maximum Gasteiger partial charge on any atom is 0.272 e. The Morgan fingerprint density at radius 3 is 2.96 bits per heavy atom. The number of fused-ring (bicyclic) bond motifs is 1. The van der Waals surface area contributed by atoms with Crippen molar-refractivity contribution in [2.75, 3.05) is 20.1 Å². The zero-order valence-corrected chi connectivity index (χ0v) is 14.9. The van der Waals surface area contributed by atoms with Crippen LogP contribution >= 0.6 is 0 Å². The van der Waals surface area contributed by atoms with Gasteiger partial charge in [0.15, 0.2) is 17.1 Å². The molecule has 1 fully saturated rings. The Bertz CT molecular complexity index is 994. The second kappa shape index (κ2) is 6.84. The lowest BCUT2D eigenvalue weighted by Crippen LogP contribution is -2.47. The lowest BCUT2D eigenvalue weighted by Gasteiger charge is -2.32. The third kappa shape index (κ3) is 3.06. The number of amides is 2. The molecule has 4 heterocycles. The topological polar surface area (TPSA) is 119 Å². The fraction of sp³-hybridized carbons (Fsp3) is 0.333. The van der Waals surface area contributed by atoms with Crippen molar-refractivity contribution in [1.82, 2.24) is 24.6 Å². The number of carbonyl (C=O) groups excluding carboxylic acids is 2. The molecule has 1 unspecified atom stereocenters. The van der Waals surface area contributed by atoms with Gasteiger partial charge in [-0.1, -0.05) is 0 Å². The van der Waals surface area contributed by atoms with Gasteiger partial charge in [-0.15, -0.1) is 0 Å². The number of nitrogens with two attached hydrogens (primary N) is 1. The van der Waals surface area contributed by atoms with Crippen LogP contribution in [0.5, 0.6) is 0 Å². The van der Waals surface area contributed by atoms with Crippen LogP contribution in [0.15, 0.2) is 35.2 Å². The minimum absolute atomic E-state index is 0.0178. The normalized spacial score (nSPS) is 17.4. The van der Waals surface area contributed by atoms with Crippen molar-refractivity contribution in [3.63, 3.8) is 0 Å². The van der Waals surface area contributed by atoms with E-state index in [9.17, 15) is 9.59 Å². The third-order valence-corrected chi connectivity index (χ3v) is 4.84. The number of furan rings is 1. The summed E-state index contributed by atoms with van der Waals surface area (Å²) in [6.07, 6.45) is 4.94. The zero-order valence-electron chi connectivity index (χ0n) is 14.9. The van der Waals surface area contributed by atoms with E-state index in [0.29, 0.717) is 24.5 Å². The number of aromatic nitrogens is 3. The highest BCUT2D eigenvalue weighted by molar-refractivity contribution is 5.99. The van der Waals surface area contributed by atoms with E-state index in [-0.39, 0.29) is 29.0 Å². The summed E-state index contributed by atoms with van der Waals surface area (Å²) in [5.74, 6) is -0.355. The molecule has 1 aliphatic rings. The highest BCUT2D eigenvalue weighted by Gasteiger charge is 2.26. The molecule has 0 bridgehead atoms. The Morgan fingerprint density at radius 2 is 2.26 bits per heavy atom. The van der Waals surface area contributed by atoms with E-state index in [2.05, 4.69) is 15.3 Å². The number of carbonyl (C=O) groups is 2. The molecule has 3 aromatic rings. The predicted molar refractivity (Wildman–Crippen MR) is 97.2 cm³/mol. The van der Waals surface area contributed by atoms with Gasteiger partial charge < -0.3 is 20.4 Å². The number of imidazole rings is 1. The first kappa shape index (κ1) is 17.2. The van der Waals surface area contributed by atoms with Gasteiger partial charge in [-0.05, 0) is 38.1 Å². The summed E-state index contributed by atoms with van der Waals surface area (Å²) in [5, 5.41) is 3.22. The number of hydrogen-bond acceptors (Lipinski definition) is 6. The molecule has 0 spiro atoms. The van der Waals surface area contributed by atoms with E-state index >= 15 is 0 Å². The van der Waals surface area contributed by atoms with Crippen molar-refractivity contribution >= 4 is 17.5 Å². The summed E-state index contributed by atoms with van der Waals surface area (Å²) in [5.41, 5.74) is 6.48. The van der Waals surface area contributed by atoms with Gasteiger partial charge in [0.1, 0.15) is 12.0 Å². The predicted octanol–water partition coefficient (Wildman–Crippen LogP) is 0.912. The standard InChI is InChI=1S/C18H20N6O3/c1-20-11-4-2-6-23(9-11)18(26)12-8-13(14-5-3-7-27-14)24-10-21-15(16(19)25)17(24)22-12/h3,5,7-8,10-11,20H,2,4,6,9H2,1H3,(H2,19,25). The van der Waals surface area contributed by atoms with E-state index in [1.165, 1.54) is 12.6 Å². The first-order valence-corrected chi connectivity index (χ1v) is 8.77. The minimum atomic E-state index is -0.701. The van der Waals surface area contributed by atoms with Gasteiger partial charge in [0.05, 0.1) is 12.0 Å². The van der Waals surface area contributed by atoms with Gasteiger partial charge in [-0.3, -0.25) is 14.0 Å². The average molecular weight is 368 g/mol. The van der Waals surface area contributed by atoms with Crippen LogP contribution in [0.25, 0.3) is 17.1 Å². The monoisotopic (exact) mass is 368 g/mol. The number of piperidine rings is 1. The third-order valence-electron chi connectivity index (χ3n) is 4.84. The van der Waals surface area contributed by atoms with Crippen LogP contribution in [0.4, 0.5) is 0 Å². The summed E-state index contributed by atoms with van der Waals surface area (Å²) in [6, 6.07) is 5.43. The maximum atomic E-state index is 13.1. The first-order valence-electron chi connectivity index (χ1n) is 8.77. The second-order valence-corrected chi connectivity index (χ2v) is 6.53. The Hall–Kier alpha value is -3.20. The van der Waals surface area contributed by atoms with Gasteiger partial charge in [-0.25, -0.2) is 9.97 Å². The van der Waals surface area contributed by atoms with Crippen molar-refractivity contribution in [3.8, 4) is 11.5 Å². The molecule has 27 heavy (non-hydrogen) atoms. The number of likely N-dealkylation sites (N-methyl/N-ethyl adjacent to an activating group) is 1.